The molecule has 2 unspecified atom stereocenters. The van der Waals surface area contributed by atoms with Crippen molar-refractivity contribution < 1.29 is 30.6 Å². The summed E-state index contributed by atoms with van der Waals surface area (Å²) in [6, 6.07) is 43.5. The summed E-state index contributed by atoms with van der Waals surface area (Å²) in [5, 5.41) is 4.75. The maximum atomic E-state index is 15.0. The van der Waals surface area contributed by atoms with E-state index in [1.165, 1.54) is 88.3 Å². The first-order chi connectivity index (χ1) is 26.7. The summed E-state index contributed by atoms with van der Waals surface area (Å²) in [6.45, 7) is 20.4. The number of alkyl halides is 3. The fourth-order valence-corrected chi connectivity index (χ4v) is 35.5. The van der Waals surface area contributed by atoms with Crippen LogP contribution in [0.4, 0.5) is 13.2 Å². The van der Waals surface area contributed by atoms with Crippen molar-refractivity contribution in [1.82, 2.24) is 0 Å². The van der Waals surface area contributed by atoms with Crippen molar-refractivity contribution in [1.29, 1.82) is 0 Å². The molecule has 2 aliphatic rings. The van der Waals surface area contributed by atoms with Gasteiger partial charge in [0.1, 0.15) is 0 Å². The minimum absolute atomic E-state index is 0. The molecule has 0 bridgehead atoms. The van der Waals surface area contributed by atoms with Crippen LogP contribution >= 0.6 is 24.8 Å². The molecule has 0 aliphatic heterocycles. The van der Waals surface area contributed by atoms with Gasteiger partial charge in [0.2, 0.25) is 0 Å². The van der Waals surface area contributed by atoms with Crippen LogP contribution in [0.1, 0.15) is 91.3 Å². The Bertz CT molecular complexity index is 2580. The molecule has 0 aromatic heterocycles. The van der Waals surface area contributed by atoms with Crippen LogP contribution in [0.2, 0.25) is 8.76 Å². The standard InChI is InChI=1S/2C24H23.C3H4F3.CH3.2ClH.H2Si.Zr/c2*1-16-22(24(2,3)4)15-18-11-8-14-21(23(16)18)20-13-7-10-17-9-5-6-12-19(17)20;1-2-3(4,5)6;;;;;/h2*5-15H,1-4H3;1-2H2;1H3;2*1H;1H2;. The Balaban J connectivity index is 0.00000293. The van der Waals surface area contributed by atoms with E-state index in [0.717, 1.165) is 0 Å². The van der Waals surface area contributed by atoms with E-state index >= 15 is 13.2 Å². The van der Waals surface area contributed by atoms with Gasteiger partial charge in [-0.15, -0.1) is 24.8 Å². The van der Waals surface area contributed by atoms with E-state index in [2.05, 4.69) is 188 Å². The summed E-state index contributed by atoms with van der Waals surface area (Å²) in [6.07, 6.45) is -5.04. The van der Waals surface area contributed by atoms with E-state index in [-0.39, 0.29) is 47.0 Å². The third kappa shape index (κ3) is 7.49. The summed E-state index contributed by atoms with van der Waals surface area (Å²) in [5.74, 6) is 0. The molecule has 8 rings (SSSR count). The van der Waals surface area contributed by atoms with Crippen LogP contribution in [0, 0.1) is 10.8 Å². The predicted octanol–water partition coefficient (Wildman–Crippen LogP) is 16.3. The number of fused-ring (bicyclic) bond motifs is 4. The summed E-state index contributed by atoms with van der Waals surface area (Å²) in [4.78, 5) is 0. The van der Waals surface area contributed by atoms with Gasteiger partial charge in [-0.25, -0.2) is 0 Å². The molecule has 7 heteroatoms. The van der Waals surface area contributed by atoms with Crippen molar-refractivity contribution in [2.24, 2.45) is 10.8 Å². The quantitative estimate of drug-likeness (QED) is 0.146. The predicted molar refractivity (Wildman–Crippen MR) is 253 cm³/mol. The Hall–Kier alpha value is -3.21. The normalized spacial score (nSPS) is 17.2. The molecule has 0 saturated carbocycles. The van der Waals surface area contributed by atoms with Gasteiger partial charge >= 0.3 is 342 Å². The van der Waals surface area contributed by atoms with Crippen molar-refractivity contribution in [2.45, 2.75) is 84.0 Å². The summed E-state index contributed by atoms with van der Waals surface area (Å²) in [5.41, 5.74) is 14.2. The average Bonchev–Trinajstić information content (AvgIpc) is 3.66. The topological polar surface area (TPSA) is 0 Å². The Morgan fingerprint density at radius 1 is 0.508 bits per heavy atom. The largest absolute Gasteiger partial charge is 0.147 e. The second-order valence-electron chi connectivity index (χ2n) is 19.7. The van der Waals surface area contributed by atoms with E-state index in [1.54, 1.807) is 0 Å². The Kier molecular flexibility index (Phi) is 12.0. The van der Waals surface area contributed by atoms with Crippen molar-refractivity contribution in [3.05, 3.63) is 155 Å². The number of halogens is 5. The average molecular weight is 929 g/mol. The molecule has 0 nitrogen and oxygen atoms in total. The number of hydrogen-bond acceptors (Lipinski definition) is 0. The molecule has 2 atom stereocenters. The maximum Gasteiger partial charge on any atom is -0.147 e. The van der Waals surface area contributed by atoms with Crippen molar-refractivity contribution >= 4 is 64.4 Å². The van der Waals surface area contributed by atoms with Gasteiger partial charge in [0, 0.05) is 0 Å². The van der Waals surface area contributed by atoms with Gasteiger partial charge in [0.25, 0.3) is 0 Å². The van der Waals surface area contributed by atoms with E-state index < -0.39 is 30.0 Å². The van der Waals surface area contributed by atoms with Crippen molar-refractivity contribution in [3.63, 3.8) is 0 Å². The monoisotopic (exact) mass is 926 g/mol. The third-order valence-electron chi connectivity index (χ3n) is 13.6. The first-order valence-electron chi connectivity index (χ1n) is 20.5. The van der Waals surface area contributed by atoms with Crippen LogP contribution in [-0.2, 0) is 17.4 Å². The number of rotatable bonds is 6. The molecule has 0 fully saturated rings. The molecule has 0 heterocycles. The molecule has 2 aliphatic carbocycles. The SMILES string of the molecule is CC1=C(C(C)(C)C)[CH]([Zr]([CH3])(=[SiH2])([CH2]CC(F)(F)F)[CH]2C(C(C)(C)C)=C(C)c3c(-c4cccc5ccccc45)cccc32)c2cccc(-c3cccc4ccccc34)c21.Cl.Cl. The molecule has 0 saturated heterocycles. The maximum absolute atomic E-state index is 15.0. The number of allylic oxidation sites excluding steroid dienone is 4. The Morgan fingerprint density at radius 2 is 0.847 bits per heavy atom. The van der Waals surface area contributed by atoms with Crippen LogP contribution < -0.4 is 0 Å². The molecular formula is C52H57Cl2F3SiZr. The molecule has 6 aromatic carbocycles. The van der Waals surface area contributed by atoms with E-state index in [4.69, 9.17) is 0 Å². The van der Waals surface area contributed by atoms with Crippen LogP contribution in [0.3, 0.4) is 0 Å². The van der Waals surface area contributed by atoms with Crippen LogP contribution in [0.15, 0.2) is 132 Å². The van der Waals surface area contributed by atoms with Gasteiger partial charge < -0.3 is 0 Å². The first-order valence-corrected chi connectivity index (χ1v) is 33.4. The smallest absolute Gasteiger partial charge is 0.147 e. The second-order valence-corrected chi connectivity index (χ2v) is 48.1. The summed E-state index contributed by atoms with van der Waals surface area (Å²) < 4.78 is 47.5. The number of hydrogen-bond donors (Lipinski definition) is 0. The molecule has 6 aromatic rings. The third-order valence-corrected chi connectivity index (χ3v) is 36.1. The number of benzene rings is 6. The molecular weight excluding hydrogens is 872 g/mol. The van der Waals surface area contributed by atoms with Crippen LogP contribution in [0.25, 0.3) is 54.9 Å². The zero-order valence-electron chi connectivity index (χ0n) is 35.8. The Morgan fingerprint density at radius 3 is 1.22 bits per heavy atom. The van der Waals surface area contributed by atoms with Crippen molar-refractivity contribution in [2.75, 3.05) is 0 Å². The molecule has 59 heavy (non-hydrogen) atoms. The Labute approximate surface area is 364 Å². The zero-order chi connectivity index (χ0) is 40.9. The van der Waals surface area contributed by atoms with Gasteiger partial charge in [-0.05, 0) is 0 Å². The van der Waals surface area contributed by atoms with Gasteiger partial charge in [0.05, 0.1) is 0 Å². The minimum atomic E-state index is -5.01. The van der Waals surface area contributed by atoms with Crippen LogP contribution in [0.5, 0.6) is 0 Å². The van der Waals surface area contributed by atoms with E-state index in [9.17, 15) is 0 Å². The molecule has 308 valence electrons. The summed E-state index contributed by atoms with van der Waals surface area (Å²) in [7, 11) is 0. The van der Waals surface area contributed by atoms with Crippen LogP contribution in [-0.4, -0.2) is 13.1 Å². The molecule has 0 N–H and O–H groups in total. The minimum Gasteiger partial charge on any atom is -0.147 e. The zero-order valence-corrected chi connectivity index (χ0v) is 41.3. The fourth-order valence-electron chi connectivity index (χ4n) is 11.6. The van der Waals surface area contributed by atoms with E-state index in [0.29, 0.717) is 0 Å². The van der Waals surface area contributed by atoms with E-state index in [1.807, 2.05) is 0 Å². The second kappa shape index (κ2) is 15.6. The summed E-state index contributed by atoms with van der Waals surface area (Å²) >= 11 is -5.01. The van der Waals surface area contributed by atoms with Gasteiger partial charge in [-0.3, -0.25) is 0 Å². The fraction of sp³-hybridized carbons (Fsp3) is 0.308. The molecule has 0 radical (unpaired) electrons. The van der Waals surface area contributed by atoms with Gasteiger partial charge in [-0.1, -0.05) is 0 Å². The van der Waals surface area contributed by atoms with Gasteiger partial charge in [-0.2, -0.15) is 0 Å². The van der Waals surface area contributed by atoms with Crippen molar-refractivity contribution in [3.8, 4) is 22.3 Å². The van der Waals surface area contributed by atoms with Gasteiger partial charge in [0.15, 0.2) is 0 Å². The molecule has 0 amide bonds. The first kappa shape index (κ1) is 45.3. The molecule has 0 spiro atoms.